The molecular formula is C22H25ClFN3O6. The van der Waals surface area contributed by atoms with Crippen molar-refractivity contribution < 1.29 is 33.1 Å². The highest BCUT2D eigenvalue weighted by Gasteiger charge is 2.55. The third kappa shape index (κ3) is 5.22. The second kappa shape index (κ2) is 9.18. The molecule has 0 spiro atoms. The topological polar surface area (TPSA) is 123 Å². The van der Waals surface area contributed by atoms with Crippen LogP contribution in [0.2, 0.25) is 5.02 Å². The number of nitrogens with one attached hydrogen (secondary N) is 2. The molecule has 3 aliphatic rings. The van der Waals surface area contributed by atoms with Crippen molar-refractivity contribution in [1.82, 2.24) is 15.8 Å². The van der Waals surface area contributed by atoms with E-state index in [-0.39, 0.29) is 35.8 Å². The van der Waals surface area contributed by atoms with Crippen LogP contribution in [0.15, 0.2) is 28.8 Å². The first kappa shape index (κ1) is 23.3. The molecule has 1 aromatic heterocycles. The van der Waals surface area contributed by atoms with Gasteiger partial charge in [-0.1, -0.05) is 11.6 Å². The molecule has 0 radical (unpaired) electrons. The fourth-order valence-corrected chi connectivity index (χ4v) is 4.69. The lowest BCUT2D eigenvalue weighted by atomic mass is 9.60. The highest BCUT2D eigenvalue weighted by molar-refractivity contribution is 6.30. The third-order valence-corrected chi connectivity index (χ3v) is 6.64. The number of halogens is 2. The molecule has 0 aliphatic heterocycles. The van der Waals surface area contributed by atoms with Crippen LogP contribution in [0.5, 0.6) is 11.6 Å². The van der Waals surface area contributed by atoms with Crippen LogP contribution in [0, 0.1) is 12.7 Å². The Bertz CT molecular complexity index is 1040. The first-order chi connectivity index (χ1) is 15.7. The van der Waals surface area contributed by atoms with Gasteiger partial charge in [-0.15, -0.1) is 0 Å². The summed E-state index contributed by atoms with van der Waals surface area (Å²) in [6.45, 7) is 1.18. The number of aliphatic hydroxyl groups is 1. The van der Waals surface area contributed by atoms with Gasteiger partial charge in [-0.05, 0) is 56.3 Å². The van der Waals surface area contributed by atoms with E-state index in [1.807, 2.05) is 0 Å². The number of ether oxygens (including phenoxy) is 2. The number of carbonyl (C=O) groups is 2. The summed E-state index contributed by atoms with van der Waals surface area (Å²) in [5.74, 6) is -0.372. The van der Waals surface area contributed by atoms with Gasteiger partial charge in [-0.2, -0.15) is 0 Å². The molecule has 1 atom stereocenters. The largest absolute Gasteiger partial charge is 0.484 e. The maximum Gasteiger partial charge on any atom is 0.258 e. The second-order valence-corrected chi connectivity index (χ2v) is 9.09. The van der Waals surface area contributed by atoms with E-state index >= 15 is 0 Å². The van der Waals surface area contributed by atoms with Crippen molar-refractivity contribution in [3.63, 3.8) is 0 Å². The quantitative estimate of drug-likeness (QED) is 0.528. The van der Waals surface area contributed by atoms with Crippen molar-refractivity contribution in [2.45, 2.75) is 56.2 Å². The van der Waals surface area contributed by atoms with Gasteiger partial charge in [0, 0.05) is 17.7 Å². The van der Waals surface area contributed by atoms with Crippen LogP contribution in [0.1, 0.15) is 37.9 Å². The highest BCUT2D eigenvalue weighted by Crippen LogP contribution is 2.47. The Morgan fingerprint density at radius 1 is 1.18 bits per heavy atom. The van der Waals surface area contributed by atoms with E-state index in [4.69, 9.17) is 25.6 Å². The standard InChI is InChI=1S/C22H25ClFN3O6/c1-13-8-20(27-33-13)32-12-18(29)25-21-4-6-22(7-5-21,17(28)10-21)26-19(30)11-31-14-2-3-15(23)16(24)9-14/h2-3,8-9,17,28H,4-7,10-12H2,1H3,(H,25,29)(H,26,30). The maximum atomic E-state index is 13.5. The predicted octanol–water partition coefficient (Wildman–Crippen LogP) is 2.28. The van der Waals surface area contributed by atoms with Crippen molar-refractivity contribution in [3.8, 4) is 11.6 Å². The molecule has 178 valence electrons. The zero-order chi connectivity index (χ0) is 23.6. The average molecular weight is 482 g/mol. The molecule has 3 fully saturated rings. The molecule has 11 heteroatoms. The van der Waals surface area contributed by atoms with E-state index in [2.05, 4.69) is 15.8 Å². The van der Waals surface area contributed by atoms with Crippen LogP contribution in [-0.4, -0.2) is 52.5 Å². The van der Waals surface area contributed by atoms with E-state index in [1.54, 1.807) is 13.0 Å². The summed E-state index contributed by atoms with van der Waals surface area (Å²) in [4.78, 5) is 24.9. The number of hydrogen-bond donors (Lipinski definition) is 3. The molecule has 2 bridgehead atoms. The Morgan fingerprint density at radius 2 is 1.88 bits per heavy atom. The molecule has 5 rings (SSSR count). The minimum atomic E-state index is -0.837. The molecule has 9 nitrogen and oxygen atoms in total. The normalized spacial score (nSPS) is 26.0. The van der Waals surface area contributed by atoms with Crippen LogP contribution in [-0.2, 0) is 9.59 Å². The first-order valence-corrected chi connectivity index (χ1v) is 11.0. The molecule has 3 saturated carbocycles. The molecule has 1 unspecified atom stereocenters. The molecule has 2 aromatic rings. The fraction of sp³-hybridized carbons (Fsp3) is 0.500. The Morgan fingerprint density at radius 3 is 2.52 bits per heavy atom. The van der Waals surface area contributed by atoms with Gasteiger partial charge in [0.25, 0.3) is 17.7 Å². The SMILES string of the molecule is Cc1cc(OCC(=O)NC23CCC(NC(=O)COc4ccc(Cl)c(F)c4)(CC2)C(O)C3)no1. The molecule has 33 heavy (non-hydrogen) atoms. The van der Waals surface area contributed by atoms with Crippen molar-refractivity contribution in [2.75, 3.05) is 13.2 Å². The number of benzene rings is 1. The number of amides is 2. The second-order valence-electron chi connectivity index (χ2n) is 8.68. The first-order valence-electron chi connectivity index (χ1n) is 10.6. The smallest absolute Gasteiger partial charge is 0.258 e. The van der Waals surface area contributed by atoms with Gasteiger partial charge in [-0.25, -0.2) is 4.39 Å². The molecule has 1 aromatic carbocycles. The molecule has 1 heterocycles. The Labute approximate surface area is 194 Å². The van der Waals surface area contributed by atoms with Crippen LogP contribution < -0.4 is 20.1 Å². The molecular weight excluding hydrogens is 457 g/mol. The van der Waals surface area contributed by atoms with Crippen LogP contribution in [0.4, 0.5) is 4.39 Å². The lowest BCUT2D eigenvalue weighted by molar-refractivity contribution is -0.137. The minimum Gasteiger partial charge on any atom is -0.484 e. The van der Waals surface area contributed by atoms with Crippen molar-refractivity contribution >= 4 is 23.4 Å². The average Bonchev–Trinajstić information content (AvgIpc) is 3.19. The summed E-state index contributed by atoms with van der Waals surface area (Å²) in [5, 5.41) is 20.3. The number of aromatic nitrogens is 1. The number of nitrogens with zero attached hydrogens (tertiary/aromatic N) is 1. The Kier molecular flexibility index (Phi) is 6.49. The van der Waals surface area contributed by atoms with Crippen molar-refractivity contribution in [2.24, 2.45) is 0 Å². The number of aliphatic hydroxyl groups excluding tert-OH is 1. The van der Waals surface area contributed by atoms with Gasteiger partial charge in [0.05, 0.1) is 16.7 Å². The summed E-state index contributed by atoms with van der Waals surface area (Å²) in [7, 11) is 0. The number of carbonyl (C=O) groups excluding carboxylic acids is 2. The van der Waals surface area contributed by atoms with E-state index in [0.29, 0.717) is 37.9 Å². The summed E-state index contributed by atoms with van der Waals surface area (Å²) >= 11 is 5.64. The zero-order valence-electron chi connectivity index (χ0n) is 18.0. The van der Waals surface area contributed by atoms with Gasteiger partial charge in [0.2, 0.25) is 0 Å². The van der Waals surface area contributed by atoms with Crippen LogP contribution >= 0.6 is 11.6 Å². The van der Waals surface area contributed by atoms with Gasteiger partial charge in [-0.3, -0.25) is 9.59 Å². The van der Waals surface area contributed by atoms with Gasteiger partial charge < -0.3 is 29.7 Å². The summed E-state index contributed by atoms with van der Waals surface area (Å²) in [5.41, 5.74) is -1.34. The molecule has 2 amide bonds. The Hall–Kier alpha value is -2.85. The summed E-state index contributed by atoms with van der Waals surface area (Å²) in [6.07, 6.45) is 1.67. The van der Waals surface area contributed by atoms with Crippen LogP contribution in [0.3, 0.4) is 0 Å². The summed E-state index contributed by atoms with van der Waals surface area (Å²) < 4.78 is 29.1. The van der Waals surface area contributed by atoms with E-state index in [1.165, 1.54) is 12.1 Å². The lowest BCUT2D eigenvalue weighted by Crippen LogP contribution is -2.70. The van der Waals surface area contributed by atoms with E-state index in [9.17, 15) is 19.1 Å². The molecule has 3 N–H and O–H groups in total. The third-order valence-electron chi connectivity index (χ3n) is 6.33. The monoisotopic (exact) mass is 481 g/mol. The Balaban J connectivity index is 1.28. The summed E-state index contributed by atoms with van der Waals surface area (Å²) in [6, 6.07) is 5.51. The molecule has 0 saturated heterocycles. The zero-order valence-corrected chi connectivity index (χ0v) is 18.8. The minimum absolute atomic E-state index is 0.0337. The number of fused-ring (bicyclic) bond motifs is 3. The number of rotatable bonds is 8. The predicted molar refractivity (Wildman–Crippen MR) is 114 cm³/mol. The van der Waals surface area contributed by atoms with Gasteiger partial charge in [0.15, 0.2) is 13.2 Å². The molecule has 3 aliphatic carbocycles. The fourth-order valence-electron chi connectivity index (χ4n) is 4.57. The maximum absolute atomic E-state index is 13.5. The van der Waals surface area contributed by atoms with E-state index < -0.39 is 28.9 Å². The van der Waals surface area contributed by atoms with Crippen molar-refractivity contribution in [3.05, 3.63) is 40.9 Å². The van der Waals surface area contributed by atoms with Crippen molar-refractivity contribution in [1.29, 1.82) is 0 Å². The van der Waals surface area contributed by atoms with Crippen LogP contribution in [0.25, 0.3) is 0 Å². The number of aryl methyl sites for hydroxylation is 1. The lowest BCUT2D eigenvalue weighted by Gasteiger charge is -2.56. The highest BCUT2D eigenvalue weighted by atomic mass is 35.5. The van der Waals surface area contributed by atoms with Gasteiger partial charge >= 0.3 is 0 Å². The van der Waals surface area contributed by atoms with E-state index in [0.717, 1.165) is 6.07 Å². The number of hydrogen-bond acceptors (Lipinski definition) is 7. The van der Waals surface area contributed by atoms with Gasteiger partial charge in [0.1, 0.15) is 17.3 Å².